The first-order valence-electron chi connectivity index (χ1n) is 11.9. The number of amides is 1. The van der Waals surface area contributed by atoms with Crippen LogP contribution in [-0.4, -0.2) is 17.4 Å². The lowest BCUT2D eigenvalue weighted by Gasteiger charge is -2.17. The van der Waals surface area contributed by atoms with Crippen molar-refractivity contribution in [3.8, 4) is 17.6 Å². The molecule has 0 spiro atoms. The summed E-state index contributed by atoms with van der Waals surface area (Å²) in [7, 11) is 0. The molecule has 0 saturated carbocycles. The minimum absolute atomic E-state index is 0.0485. The molecule has 40 heavy (non-hydrogen) atoms. The Bertz CT molecular complexity index is 1480. The lowest BCUT2D eigenvalue weighted by Crippen LogP contribution is -2.14. The van der Waals surface area contributed by atoms with Gasteiger partial charge in [0.25, 0.3) is 11.6 Å². The predicted molar refractivity (Wildman–Crippen MR) is 143 cm³/mol. The molecule has 3 aromatic carbocycles. The third-order valence-electron chi connectivity index (χ3n) is 5.47. The molecule has 0 atom stereocenters. The number of alkyl halides is 3. The number of benzene rings is 3. The topological polar surface area (TPSA) is 114 Å². The summed E-state index contributed by atoms with van der Waals surface area (Å²) in [6, 6.07) is 15.0. The van der Waals surface area contributed by atoms with E-state index in [1.54, 1.807) is 43.3 Å². The van der Waals surface area contributed by atoms with Crippen molar-refractivity contribution >= 4 is 23.4 Å². The second-order valence-electron chi connectivity index (χ2n) is 8.35. The van der Waals surface area contributed by atoms with Crippen LogP contribution in [0.1, 0.15) is 29.2 Å². The van der Waals surface area contributed by atoms with Gasteiger partial charge in [-0.1, -0.05) is 12.1 Å². The van der Waals surface area contributed by atoms with Crippen LogP contribution in [0.25, 0.3) is 6.08 Å². The zero-order valence-electron chi connectivity index (χ0n) is 21.3. The maximum atomic E-state index is 13.0. The lowest BCUT2D eigenvalue weighted by atomic mass is 10.0. The molecule has 206 valence electrons. The summed E-state index contributed by atoms with van der Waals surface area (Å²) >= 11 is 0. The van der Waals surface area contributed by atoms with Gasteiger partial charge >= 0.3 is 6.18 Å². The van der Waals surface area contributed by atoms with E-state index in [0.29, 0.717) is 34.6 Å². The number of hydrogen-bond acceptors (Lipinski definition) is 6. The number of ether oxygens (including phenoxy) is 2. The second kappa shape index (κ2) is 13.1. The maximum absolute atomic E-state index is 13.0. The molecule has 11 heteroatoms. The number of rotatable bonds is 11. The summed E-state index contributed by atoms with van der Waals surface area (Å²) in [5, 5.41) is 22.8. The molecule has 0 bridgehead atoms. The van der Waals surface area contributed by atoms with Crippen LogP contribution in [-0.2, 0) is 24.0 Å². The summed E-state index contributed by atoms with van der Waals surface area (Å²) in [6.45, 7) is 5.87. The van der Waals surface area contributed by atoms with E-state index in [4.69, 9.17) is 9.47 Å². The number of nitro groups is 1. The van der Waals surface area contributed by atoms with E-state index in [1.807, 2.05) is 0 Å². The average molecular weight is 552 g/mol. The fraction of sp³-hybridized carbons (Fsp3) is 0.172. The number of non-ortho nitro benzene ring substituents is 1. The highest BCUT2D eigenvalue weighted by Crippen LogP contribution is 2.36. The van der Waals surface area contributed by atoms with Gasteiger partial charge in [-0.15, -0.1) is 6.58 Å². The van der Waals surface area contributed by atoms with Gasteiger partial charge in [-0.05, 0) is 73.0 Å². The Hall–Kier alpha value is -5.11. The Kier molecular flexibility index (Phi) is 9.65. The van der Waals surface area contributed by atoms with E-state index in [2.05, 4.69) is 11.9 Å². The number of carbonyl (C=O) groups is 1. The largest absolute Gasteiger partial charge is 0.490 e. The van der Waals surface area contributed by atoms with Crippen LogP contribution in [0.4, 0.5) is 24.5 Å². The molecule has 0 unspecified atom stereocenters. The number of hydrogen-bond donors (Lipinski definition) is 1. The SMILES string of the molecule is C=CCc1cc(/C=C(\C#N)C(=O)Nc2cccc(C(F)(F)F)c2)cc(OCC)c1OCc1ccc([N+](=O)[O-])cc1. The van der Waals surface area contributed by atoms with Crippen molar-refractivity contribution in [3.05, 3.63) is 111 Å². The first kappa shape index (κ1) is 29.4. The lowest BCUT2D eigenvalue weighted by molar-refractivity contribution is -0.384. The smallest absolute Gasteiger partial charge is 0.416 e. The van der Waals surface area contributed by atoms with Crippen molar-refractivity contribution in [3.63, 3.8) is 0 Å². The molecule has 1 N–H and O–H groups in total. The van der Waals surface area contributed by atoms with E-state index in [0.717, 1.165) is 18.2 Å². The average Bonchev–Trinajstić information content (AvgIpc) is 2.91. The number of allylic oxidation sites excluding steroid dienone is 1. The van der Waals surface area contributed by atoms with Crippen molar-refractivity contribution < 1.29 is 32.4 Å². The monoisotopic (exact) mass is 551 g/mol. The van der Waals surface area contributed by atoms with Gasteiger partial charge in [0.15, 0.2) is 11.5 Å². The Balaban J connectivity index is 1.90. The second-order valence-corrected chi connectivity index (χ2v) is 8.35. The number of carbonyl (C=O) groups excluding carboxylic acids is 1. The maximum Gasteiger partial charge on any atom is 0.416 e. The van der Waals surface area contributed by atoms with Crippen LogP contribution in [0.5, 0.6) is 11.5 Å². The van der Waals surface area contributed by atoms with E-state index in [9.17, 15) is 33.3 Å². The fourth-order valence-electron chi connectivity index (χ4n) is 3.66. The van der Waals surface area contributed by atoms with Gasteiger partial charge in [0.05, 0.1) is 17.1 Å². The number of nitriles is 1. The summed E-state index contributed by atoms with van der Waals surface area (Å²) < 4.78 is 50.8. The zero-order valence-corrected chi connectivity index (χ0v) is 21.3. The molecule has 0 aromatic heterocycles. The predicted octanol–water partition coefficient (Wildman–Crippen LogP) is 6.87. The van der Waals surface area contributed by atoms with Gasteiger partial charge in [-0.25, -0.2) is 0 Å². The zero-order chi connectivity index (χ0) is 29.3. The minimum Gasteiger partial charge on any atom is -0.490 e. The Morgan fingerprint density at radius 2 is 1.88 bits per heavy atom. The molecule has 1 amide bonds. The first-order valence-corrected chi connectivity index (χ1v) is 11.9. The van der Waals surface area contributed by atoms with Gasteiger partial charge < -0.3 is 14.8 Å². The van der Waals surface area contributed by atoms with Crippen LogP contribution in [0.2, 0.25) is 0 Å². The number of nitrogens with zero attached hydrogens (tertiary/aromatic N) is 2. The highest BCUT2D eigenvalue weighted by molar-refractivity contribution is 6.09. The summed E-state index contributed by atoms with van der Waals surface area (Å²) in [4.78, 5) is 23.1. The van der Waals surface area contributed by atoms with Gasteiger partial charge in [0.2, 0.25) is 0 Å². The summed E-state index contributed by atoms with van der Waals surface area (Å²) in [5.74, 6) is -0.168. The molecular formula is C29H24F3N3O5. The minimum atomic E-state index is -4.59. The third-order valence-corrected chi connectivity index (χ3v) is 5.47. The van der Waals surface area contributed by atoms with E-state index in [-0.39, 0.29) is 30.2 Å². The fourth-order valence-corrected chi connectivity index (χ4v) is 3.66. The number of anilines is 1. The Morgan fingerprint density at radius 3 is 2.48 bits per heavy atom. The Morgan fingerprint density at radius 1 is 1.15 bits per heavy atom. The standard InChI is InChI=1S/C29H24F3N3O5/c1-3-6-21-13-20(14-22(17-33)28(36)34-24-8-5-7-23(16-24)29(30,31)32)15-26(39-4-2)27(21)40-18-19-9-11-25(12-10-19)35(37)38/h3,5,7-16H,1,4,6,18H2,2H3,(H,34,36)/b22-14+. The molecule has 0 fully saturated rings. The first-order chi connectivity index (χ1) is 19.0. The number of nitrogens with one attached hydrogen (secondary N) is 1. The van der Waals surface area contributed by atoms with E-state index >= 15 is 0 Å². The van der Waals surface area contributed by atoms with Crippen LogP contribution < -0.4 is 14.8 Å². The van der Waals surface area contributed by atoms with Crippen LogP contribution >= 0.6 is 0 Å². The highest BCUT2D eigenvalue weighted by Gasteiger charge is 2.30. The number of halogens is 3. The molecule has 0 heterocycles. The molecule has 8 nitrogen and oxygen atoms in total. The molecular weight excluding hydrogens is 527 g/mol. The molecule has 0 aliphatic heterocycles. The van der Waals surface area contributed by atoms with Gasteiger partial charge in [-0.2, -0.15) is 18.4 Å². The quantitative estimate of drug-likeness (QED) is 0.0915. The van der Waals surface area contributed by atoms with Crippen molar-refractivity contribution in [1.82, 2.24) is 0 Å². The van der Waals surface area contributed by atoms with Crippen molar-refractivity contribution in [2.45, 2.75) is 26.1 Å². The van der Waals surface area contributed by atoms with Gasteiger partial charge in [0.1, 0.15) is 18.2 Å². The van der Waals surface area contributed by atoms with Gasteiger partial charge in [0, 0.05) is 23.4 Å². The van der Waals surface area contributed by atoms with Crippen molar-refractivity contribution in [1.29, 1.82) is 5.26 Å². The summed E-state index contributed by atoms with van der Waals surface area (Å²) in [5.41, 5.74) is 0.283. The molecule has 0 aliphatic rings. The molecule has 0 radical (unpaired) electrons. The molecule has 3 aromatic rings. The number of nitro benzene ring substituents is 1. The van der Waals surface area contributed by atoms with Gasteiger partial charge in [-0.3, -0.25) is 14.9 Å². The van der Waals surface area contributed by atoms with Crippen LogP contribution in [0.3, 0.4) is 0 Å². The van der Waals surface area contributed by atoms with Crippen molar-refractivity contribution in [2.24, 2.45) is 0 Å². The molecule has 0 saturated heterocycles. The normalized spacial score (nSPS) is 11.3. The van der Waals surface area contributed by atoms with Crippen molar-refractivity contribution in [2.75, 3.05) is 11.9 Å². The molecule has 3 rings (SSSR count). The van der Waals surface area contributed by atoms with Crippen LogP contribution in [0.15, 0.2) is 78.9 Å². The van der Waals surface area contributed by atoms with E-state index in [1.165, 1.54) is 24.3 Å². The van der Waals surface area contributed by atoms with Crippen LogP contribution in [0, 0.1) is 21.4 Å². The third kappa shape index (κ3) is 7.70. The van der Waals surface area contributed by atoms with E-state index < -0.39 is 22.6 Å². The summed E-state index contributed by atoms with van der Waals surface area (Å²) in [6.07, 6.45) is -1.33. The molecule has 0 aliphatic carbocycles. The highest BCUT2D eigenvalue weighted by atomic mass is 19.4. The Labute approximate surface area is 228 Å².